The number of aromatic nitrogens is 3. The predicted octanol–water partition coefficient (Wildman–Crippen LogP) is 3.75. The lowest BCUT2D eigenvalue weighted by molar-refractivity contribution is 0.0895. The first kappa shape index (κ1) is 15.9. The molecule has 0 amide bonds. The predicted molar refractivity (Wildman–Crippen MR) is 90.1 cm³/mol. The molecule has 122 valence electrons. The number of hydrogen-bond acceptors (Lipinski definition) is 4. The Morgan fingerprint density at radius 2 is 1.83 bits per heavy atom. The molecule has 0 aliphatic heterocycles. The molecule has 3 rings (SSSR count). The van der Waals surface area contributed by atoms with Crippen molar-refractivity contribution < 1.29 is 9.18 Å². The molecule has 0 bridgehead atoms. The molecule has 0 fully saturated rings. The van der Waals surface area contributed by atoms with Crippen LogP contribution in [-0.2, 0) is 6.54 Å². The lowest BCUT2D eigenvalue weighted by atomic mass is 10.2. The Balaban J connectivity index is 1.89. The summed E-state index contributed by atoms with van der Waals surface area (Å²) < 4.78 is 14.3. The molecule has 5 nitrogen and oxygen atoms in total. The summed E-state index contributed by atoms with van der Waals surface area (Å²) in [6.07, 6.45) is 0.312. The standard InChI is InChI=1S/C18H17FN4O/c1-2-16(24)23-18(20-12-13-6-4-3-5-7-13)21-17(22-23)14-8-10-15(19)11-9-14/h3-11H,2,12H2,1H3,(H,20,21,22). The summed E-state index contributed by atoms with van der Waals surface area (Å²) in [6.45, 7) is 2.29. The Labute approximate surface area is 139 Å². The summed E-state index contributed by atoms with van der Waals surface area (Å²) in [5.74, 6) is 0.272. The molecule has 2 aromatic carbocycles. The maximum absolute atomic E-state index is 13.1. The molecular weight excluding hydrogens is 307 g/mol. The highest BCUT2D eigenvalue weighted by molar-refractivity contribution is 5.81. The third-order valence-corrected chi connectivity index (χ3v) is 3.54. The molecule has 1 heterocycles. The third-order valence-electron chi connectivity index (χ3n) is 3.54. The lowest BCUT2D eigenvalue weighted by Gasteiger charge is -2.06. The summed E-state index contributed by atoms with van der Waals surface area (Å²) in [6, 6.07) is 15.7. The van der Waals surface area contributed by atoms with Gasteiger partial charge in [0.1, 0.15) is 5.82 Å². The fourth-order valence-corrected chi connectivity index (χ4v) is 2.25. The van der Waals surface area contributed by atoms with Crippen molar-refractivity contribution in [1.29, 1.82) is 0 Å². The quantitative estimate of drug-likeness (QED) is 0.776. The van der Waals surface area contributed by atoms with Gasteiger partial charge in [-0.05, 0) is 29.8 Å². The maximum Gasteiger partial charge on any atom is 0.249 e. The molecule has 6 heteroatoms. The van der Waals surface area contributed by atoms with E-state index < -0.39 is 0 Å². The van der Waals surface area contributed by atoms with Crippen molar-refractivity contribution in [2.45, 2.75) is 19.9 Å². The van der Waals surface area contributed by atoms with E-state index in [-0.39, 0.29) is 11.7 Å². The van der Waals surface area contributed by atoms with E-state index in [1.165, 1.54) is 16.8 Å². The van der Waals surface area contributed by atoms with Crippen molar-refractivity contribution in [2.75, 3.05) is 5.32 Å². The molecule has 1 N–H and O–H groups in total. The fraction of sp³-hybridized carbons (Fsp3) is 0.167. The normalized spacial score (nSPS) is 10.6. The van der Waals surface area contributed by atoms with Gasteiger partial charge in [-0.1, -0.05) is 37.3 Å². The second-order valence-corrected chi connectivity index (χ2v) is 5.26. The van der Waals surface area contributed by atoms with Crippen LogP contribution in [0.3, 0.4) is 0 Å². The van der Waals surface area contributed by atoms with Crippen molar-refractivity contribution in [2.24, 2.45) is 0 Å². The van der Waals surface area contributed by atoms with E-state index in [4.69, 9.17) is 0 Å². The highest BCUT2D eigenvalue weighted by Crippen LogP contribution is 2.19. The minimum absolute atomic E-state index is 0.161. The molecular formula is C18H17FN4O. The van der Waals surface area contributed by atoms with Crippen LogP contribution in [0, 0.1) is 5.82 Å². The second-order valence-electron chi connectivity index (χ2n) is 5.26. The average molecular weight is 324 g/mol. The molecule has 0 spiro atoms. The molecule has 0 atom stereocenters. The monoisotopic (exact) mass is 324 g/mol. The van der Waals surface area contributed by atoms with E-state index in [9.17, 15) is 9.18 Å². The smallest absolute Gasteiger partial charge is 0.249 e. The topological polar surface area (TPSA) is 59.8 Å². The fourth-order valence-electron chi connectivity index (χ4n) is 2.25. The summed E-state index contributed by atoms with van der Waals surface area (Å²) in [5.41, 5.74) is 1.72. The van der Waals surface area contributed by atoms with Crippen molar-refractivity contribution in [3.8, 4) is 11.4 Å². The molecule has 0 aliphatic carbocycles. The van der Waals surface area contributed by atoms with Gasteiger partial charge in [0.05, 0.1) is 0 Å². The van der Waals surface area contributed by atoms with Gasteiger partial charge in [0.2, 0.25) is 11.9 Å². The van der Waals surface area contributed by atoms with Crippen LogP contribution in [0.4, 0.5) is 10.3 Å². The Bertz CT molecular complexity index is 828. The number of nitrogens with one attached hydrogen (secondary N) is 1. The van der Waals surface area contributed by atoms with Crippen LogP contribution in [0.5, 0.6) is 0 Å². The molecule has 1 aromatic heterocycles. The maximum atomic E-state index is 13.1. The van der Waals surface area contributed by atoms with Gasteiger partial charge in [-0.25, -0.2) is 4.39 Å². The van der Waals surface area contributed by atoms with Crippen molar-refractivity contribution >= 4 is 11.9 Å². The third kappa shape index (κ3) is 3.48. The molecule has 24 heavy (non-hydrogen) atoms. The van der Waals surface area contributed by atoms with Gasteiger partial charge in [-0.15, -0.1) is 5.10 Å². The van der Waals surface area contributed by atoms with Gasteiger partial charge in [0.25, 0.3) is 0 Å². The minimum Gasteiger partial charge on any atom is -0.350 e. The highest BCUT2D eigenvalue weighted by atomic mass is 19.1. The molecule has 0 saturated carbocycles. The van der Waals surface area contributed by atoms with Crippen LogP contribution in [-0.4, -0.2) is 20.7 Å². The Morgan fingerprint density at radius 1 is 1.12 bits per heavy atom. The van der Waals surface area contributed by atoms with Crippen LogP contribution in [0.25, 0.3) is 11.4 Å². The first-order chi connectivity index (χ1) is 11.7. The van der Waals surface area contributed by atoms with Gasteiger partial charge in [-0.2, -0.15) is 9.67 Å². The molecule has 0 saturated heterocycles. The number of hydrogen-bond donors (Lipinski definition) is 1. The Morgan fingerprint density at radius 3 is 2.50 bits per heavy atom. The first-order valence-corrected chi connectivity index (χ1v) is 7.71. The van der Waals surface area contributed by atoms with E-state index in [0.717, 1.165) is 5.56 Å². The van der Waals surface area contributed by atoms with Gasteiger partial charge >= 0.3 is 0 Å². The van der Waals surface area contributed by atoms with E-state index in [1.807, 2.05) is 30.3 Å². The van der Waals surface area contributed by atoms with Crippen molar-refractivity contribution in [1.82, 2.24) is 14.8 Å². The van der Waals surface area contributed by atoms with Crippen LogP contribution < -0.4 is 5.32 Å². The van der Waals surface area contributed by atoms with Crippen LogP contribution in [0.2, 0.25) is 0 Å². The Kier molecular flexibility index (Phi) is 4.65. The highest BCUT2D eigenvalue weighted by Gasteiger charge is 2.16. The van der Waals surface area contributed by atoms with Gasteiger partial charge < -0.3 is 5.32 Å². The average Bonchev–Trinajstić information content (AvgIpc) is 3.05. The van der Waals surface area contributed by atoms with Gasteiger partial charge in [0, 0.05) is 18.5 Å². The van der Waals surface area contributed by atoms with Crippen LogP contribution >= 0.6 is 0 Å². The number of carbonyl (C=O) groups is 1. The second kappa shape index (κ2) is 7.04. The number of rotatable bonds is 5. The largest absolute Gasteiger partial charge is 0.350 e. The number of halogens is 1. The zero-order chi connectivity index (χ0) is 16.9. The summed E-state index contributed by atoms with van der Waals surface area (Å²) in [4.78, 5) is 16.5. The van der Waals surface area contributed by atoms with Crippen molar-refractivity contribution in [3.63, 3.8) is 0 Å². The van der Waals surface area contributed by atoms with E-state index in [0.29, 0.717) is 30.3 Å². The lowest BCUT2D eigenvalue weighted by Crippen LogP contribution is -2.15. The van der Waals surface area contributed by atoms with Gasteiger partial charge in [-0.3, -0.25) is 4.79 Å². The zero-order valence-electron chi connectivity index (χ0n) is 13.2. The number of nitrogens with zero attached hydrogens (tertiary/aromatic N) is 3. The number of carbonyl (C=O) groups excluding carboxylic acids is 1. The molecule has 0 unspecified atom stereocenters. The van der Waals surface area contributed by atoms with Crippen LogP contribution in [0.1, 0.15) is 23.7 Å². The van der Waals surface area contributed by atoms with Gasteiger partial charge in [0.15, 0.2) is 5.82 Å². The van der Waals surface area contributed by atoms with E-state index in [2.05, 4.69) is 15.4 Å². The number of anilines is 1. The summed E-state index contributed by atoms with van der Waals surface area (Å²) in [7, 11) is 0. The Hall–Kier alpha value is -3.02. The molecule has 0 radical (unpaired) electrons. The minimum atomic E-state index is -0.328. The van der Waals surface area contributed by atoms with Crippen LogP contribution in [0.15, 0.2) is 54.6 Å². The van der Waals surface area contributed by atoms with E-state index in [1.54, 1.807) is 19.1 Å². The summed E-state index contributed by atoms with van der Waals surface area (Å²) in [5, 5.41) is 7.40. The van der Waals surface area contributed by atoms with Crippen molar-refractivity contribution in [3.05, 3.63) is 66.0 Å². The number of benzene rings is 2. The molecule has 3 aromatic rings. The first-order valence-electron chi connectivity index (χ1n) is 7.71. The molecule has 0 aliphatic rings. The van der Waals surface area contributed by atoms with E-state index >= 15 is 0 Å². The summed E-state index contributed by atoms with van der Waals surface area (Å²) >= 11 is 0. The SMILES string of the molecule is CCC(=O)n1nc(-c2ccc(F)cc2)nc1NCc1ccccc1. The zero-order valence-corrected chi connectivity index (χ0v) is 13.2.